The maximum absolute atomic E-state index is 4.18. The minimum atomic E-state index is 0.688. The summed E-state index contributed by atoms with van der Waals surface area (Å²) >= 11 is 0. The van der Waals surface area contributed by atoms with Gasteiger partial charge in [0.25, 0.3) is 0 Å². The molecule has 1 saturated carbocycles. The van der Waals surface area contributed by atoms with E-state index in [2.05, 4.69) is 35.5 Å². The minimum absolute atomic E-state index is 0.688. The van der Waals surface area contributed by atoms with Crippen molar-refractivity contribution in [3.63, 3.8) is 0 Å². The van der Waals surface area contributed by atoms with E-state index in [1.165, 1.54) is 24.1 Å². The molecule has 2 rings (SSSR count). The number of anilines is 1. The van der Waals surface area contributed by atoms with Crippen LogP contribution in [0.1, 0.15) is 32.3 Å². The number of pyridine rings is 1. The van der Waals surface area contributed by atoms with Gasteiger partial charge in [0.1, 0.15) is 0 Å². The fourth-order valence-electron chi connectivity index (χ4n) is 1.65. The third-order valence-corrected chi connectivity index (χ3v) is 2.72. The lowest BCUT2D eigenvalue weighted by molar-refractivity contribution is 0.552. The van der Waals surface area contributed by atoms with Crippen molar-refractivity contribution < 1.29 is 0 Å². The van der Waals surface area contributed by atoms with Crippen LogP contribution in [0, 0.1) is 5.92 Å². The van der Waals surface area contributed by atoms with Crippen molar-refractivity contribution in [3.05, 3.63) is 24.0 Å². The normalized spacial score (nSPS) is 15.4. The zero-order valence-corrected chi connectivity index (χ0v) is 10.2. The van der Waals surface area contributed by atoms with Crippen LogP contribution in [0.3, 0.4) is 0 Å². The number of nitrogens with one attached hydrogen (secondary N) is 2. The van der Waals surface area contributed by atoms with E-state index >= 15 is 0 Å². The van der Waals surface area contributed by atoms with Crippen LogP contribution in [-0.4, -0.2) is 17.6 Å². The fraction of sp³-hybridized carbons (Fsp3) is 0.615. The van der Waals surface area contributed by atoms with Crippen molar-refractivity contribution in [1.29, 1.82) is 0 Å². The van der Waals surface area contributed by atoms with Gasteiger partial charge < -0.3 is 10.6 Å². The Morgan fingerprint density at radius 1 is 1.44 bits per heavy atom. The Labute approximate surface area is 97.7 Å². The summed E-state index contributed by atoms with van der Waals surface area (Å²) in [4.78, 5) is 4.18. The molecule has 0 unspecified atom stereocenters. The summed E-state index contributed by atoms with van der Waals surface area (Å²) in [5.74, 6) is 0.696. The molecule has 1 aliphatic carbocycles. The SMILES string of the molecule is CC(C)CNCc1ccncc1NC1CC1. The fourth-order valence-corrected chi connectivity index (χ4v) is 1.65. The molecule has 0 amide bonds. The predicted molar refractivity (Wildman–Crippen MR) is 67.4 cm³/mol. The van der Waals surface area contributed by atoms with Gasteiger partial charge in [-0.1, -0.05) is 13.8 Å². The van der Waals surface area contributed by atoms with Gasteiger partial charge in [-0.3, -0.25) is 4.98 Å². The molecule has 0 atom stereocenters. The van der Waals surface area contributed by atoms with Crippen LogP contribution in [0.15, 0.2) is 18.5 Å². The maximum atomic E-state index is 4.18. The molecule has 16 heavy (non-hydrogen) atoms. The summed E-state index contributed by atoms with van der Waals surface area (Å²) in [6.07, 6.45) is 6.40. The topological polar surface area (TPSA) is 37.0 Å². The first kappa shape index (κ1) is 11.4. The lowest BCUT2D eigenvalue weighted by Gasteiger charge is -2.12. The van der Waals surface area contributed by atoms with Crippen LogP contribution >= 0.6 is 0 Å². The average molecular weight is 219 g/mol. The van der Waals surface area contributed by atoms with Crippen molar-refractivity contribution in [2.45, 2.75) is 39.3 Å². The Kier molecular flexibility index (Phi) is 3.78. The first-order valence-electron chi connectivity index (χ1n) is 6.16. The summed E-state index contributed by atoms with van der Waals surface area (Å²) in [6.45, 7) is 6.44. The molecule has 0 aliphatic heterocycles. The van der Waals surface area contributed by atoms with Gasteiger partial charge in [-0.2, -0.15) is 0 Å². The average Bonchev–Trinajstić information content (AvgIpc) is 3.04. The molecule has 0 spiro atoms. The smallest absolute Gasteiger partial charge is 0.0574 e. The van der Waals surface area contributed by atoms with Crippen LogP contribution in [0.25, 0.3) is 0 Å². The van der Waals surface area contributed by atoms with E-state index in [0.29, 0.717) is 12.0 Å². The molecule has 1 aliphatic rings. The molecular weight excluding hydrogens is 198 g/mol. The van der Waals surface area contributed by atoms with Crippen LogP contribution in [-0.2, 0) is 6.54 Å². The number of hydrogen-bond acceptors (Lipinski definition) is 3. The van der Waals surface area contributed by atoms with Gasteiger partial charge in [0, 0.05) is 18.8 Å². The van der Waals surface area contributed by atoms with E-state index in [1.54, 1.807) is 0 Å². The Balaban J connectivity index is 1.90. The van der Waals surface area contributed by atoms with E-state index in [4.69, 9.17) is 0 Å². The minimum Gasteiger partial charge on any atom is -0.381 e. The predicted octanol–water partition coefficient (Wildman–Crippen LogP) is 2.40. The highest BCUT2D eigenvalue weighted by atomic mass is 15.0. The molecule has 2 N–H and O–H groups in total. The van der Waals surface area contributed by atoms with Crippen LogP contribution < -0.4 is 10.6 Å². The number of rotatable bonds is 6. The van der Waals surface area contributed by atoms with Crippen LogP contribution in [0.2, 0.25) is 0 Å². The molecule has 88 valence electrons. The van der Waals surface area contributed by atoms with Gasteiger partial charge in [0.2, 0.25) is 0 Å². The Hall–Kier alpha value is -1.09. The van der Waals surface area contributed by atoms with E-state index in [-0.39, 0.29) is 0 Å². The van der Waals surface area contributed by atoms with E-state index in [1.807, 2.05) is 12.4 Å². The van der Waals surface area contributed by atoms with E-state index < -0.39 is 0 Å². The quantitative estimate of drug-likeness (QED) is 0.771. The highest BCUT2D eigenvalue weighted by Crippen LogP contribution is 2.26. The lowest BCUT2D eigenvalue weighted by Crippen LogP contribution is -2.20. The highest BCUT2D eigenvalue weighted by Gasteiger charge is 2.21. The lowest BCUT2D eigenvalue weighted by atomic mass is 10.2. The third-order valence-electron chi connectivity index (χ3n) is 2.72. The van der Waals surface area contributed by atoms with Crippen LogP contribution in [0.4, 0.5) is 5.69 Å². The van der Waals surface area contributed by atoms with E-state index in [9.17, 15) is 0 Å². The first-order valence-corrected chi connectivity index (χ1v) is 6.16. The van der Waals surface area contributed by atoms with Crippen LogP contribution in [0.5, 0.6) is 0 Å². The summed E-state index contributed by atoms with van der Waals surface area (Å²) in [6, 6.07) is 2.78. The summed E-state index contributed by atoms with van der Waals surface area (Å²) in [5, 5.41) is 6.99. The highest BCUT2D eigenvalue weighted by molar-refractivity contribution is 5.50. The van der Waals surface area contributed by atoms with E-state index in [0.717, 1.165) is 13.1 Å². The molecule has 0 radical (unpaired) electrons. The molecule has 1 fully saturated rings. The van der Waals surface area contributed by atoms with Gasteiger partial charge in [0.05, 0.1) is 11.9 Å². The van der Waals surface area contributed by atoms with Gasteiger partial charge in [-0.05, 0) is 36.9 Å². The summed E-state index contributed by atoms with van der Waals surface area (Å²) in [5.41, 5.74) is 2.52. The molecule has 1 aromatic rings. The third kappa shape index (κ3) is 3.49. The molecule has 0 saturated heterocycles. The number of nitrogens with zero attached hydrogens (tertiary/aromatic N) is 1. The van der Waals surface area contributed by atoms with Crippen molar-refractivity contribution in [1.82, 2.24) is 10.3 Å². The molecule has 3 nitrogen and oxygen atoms in total. The first-order chi connectivity index (χ1) is 7.75. The molecule has 0 bridgehead atoms. The second kappa shape index (κ2) is 5.30. The van der Waals surface area contributed by atoms with Gasteiger partial charge in [-0.15, -0.1) is 0 Å². The largest absolute Gasteiger partial charge is 0.381 e. The van der Waals surface area contributed by atoms with Crippen molar-refractivity contribution >= 4 is 5.69 Å². The monoisotopic (exact) mass is 219 g/mol. The molecule has 3 heteroatoms. The standard InChI is InChI=1S/C13H21N3/c1-10(2)7-15-8-11-5-6-14-9-13(11)16-12-3-4-12/h5-6,9-10,12,15-16H,3-4,7-8H2,1-2H3. The zero-order valence-electron chi connectivity index (χ0n) is 10.2. The Bertz CT molecular complexity index is 332. The molecular formula is C13H21N3. The summed E-state index contributed by atoms with van der Waals surface area (Å²) in [7, 11) is 0. The van der Waals surface area contributed by atoms with Crippen molar-refractivity contribution in [2.24, 2.45) is 5.92 Å². The maximum Gasteiger partial charge on any atom is 0.0574 e. The van der Waals surface area contributed by atoms with Gasteiger partial charge in [-0.25, -0.2) is 0 Å². The second-order valence-corrected chi connectivity index (χ2v) is 4.98. The second-order valence-electron chi connectivity index (χ2n) is 4.98. The summed E-state index contributed by atoms with van der Waals surface area (Å²) < 4.78 is 0. The van der Waals surface area contributed by atoms with Crippen molar-refractivity contribution in [2.75, 3.05) is 11.9 Å². The number of hydrogen-bond donors (Lipinski definition) is 2. The van der Waals surface area contributed by atoms with Gasteiger partial charge in [0.15, 0.2) is 0 Å². The van der Waals surface area contributed by atoms with Crippen molar-refractivity contribution in [3.8, 4) is 0 Å². The molecule has 0 aromatic carbocycles. The van der Waals surface area contributed by atoms with Gasteiger partial charge >= 0.3 is 0 Å². The molecule has 1 heterocycles. The Morgan fingerprint density at radius 3 is 2.94 bits per heavy atom. The zero-order chi connectivity index (χ0) is 11.4. The molecule has 1 aromatic heterocycles. The Morgan fingerprint density at radius 2 is 2.25 bits per heavy atom. The number of aromatic nitrogens is 1.